The zero-order chi connectivity index (χ0) is 16.7. The van der Waals surface area contributed by atoms with Crippen LogP contribution in [0.3, 0.4) is 0 Å². The second-order valence-electron chi connectivity index (χ2n) is 6.95. The average molecular weight is 348 g/mol. The van der Waals surface area contributed by atoms with E-state index in [9.17, 15) is 4.39 Å². The first-order valence-electron chi connectivity index (χ1n) is 8.18. The van der Waals surface area contributed by atoms with Crippen molar-refractivity contribution in [3.63, 3.8) is 0 Å². The minimum Gasteiger partial charge on any atom is -0.494 e. The van der Waals surface area contributed by atoms with E-state index in [1.807, 2.05) is 18.4 Å². The zero-order valence-electron chi connectivity index (χ0n) is 13.9. The third-order valence-electron chi connectivity index (χ3n) is 5.08. The van der Waals surface area contributed by atoms with Crippen LogP contribution < -0.4 is 9.47 Å². The maximum absolute atomic E-state index is 13.8. The van der Waals surface area contributed by atoms with Crippen LogP contribution in [0.15, 0.2) is 23.6 Å². The molecule has 0 amide bonds. The van der Waals surface area contributed by atoms with Crippen molar-refractivity contribution in [2.24, 2.45) is 11.3 Å². The molecule has 0 radical (unpaired) electrons. The van der Waals surface area contributed by atoms with Crippen molar-refractivity contribution < 1.29 is 13.9 Å². The Morgan fingerprint density at radius 3 is 3.04 bits per heavy atom. The van der Waals surface area contributed by atoms with Gasteiger partial charge in [0.2, 0.25) is 0 Å². The van der Waals surface area contributed by atoms with Crippen LogP contribution in [0.1, 0.15) is 17.7 Å². The fourth-order valence-electron chi connectivity index (χ4n) is 3.72. The van der Waals surface area contributed by atoms with Crippen LogP contribution in [0.5, 0.6) is 10.9 Å². The number of fused-ring (bicyclic) bond motifs is 1. The lowest BCUT2D eigenvalue weighted by Crippen LogP contribution is -2.27. The molecule has 1 aliphatic carbocycles. The molecule has 1 saturated heterocycles. The third-order valence-corrected chi connectivity index (χ3v) is 5.95. The number of ether oxygens (including phenoxy) is 2. The van der Waals surface area contributed by atoms with Crippen molar-refractivity contribution >= 4 is 11.3 Å². The van der Waals surface area contributed by atoms with Crippen LogP contribution in [0.25, 0.3) is 0 Å². The second kappa shape index (κ2) is 6.01. The van der Waals surface area contributed by atoms with Crippen LogP contribution >= 0.6 is 11.3 Å². The van der Waals surface area contributed by atoms with Crippen LogP contribution in [0.2, 0.25) is 0 Å². The highest BCUT2D eigenvalue weighted by Gasteiger charge is 2.60. The van der Waals surface area contributed by atoms with E-state index in [0.717, 1.165) is 42.7 Å². The predicted octanol–water partition coefficient (Wildman–Crippen LogP) is 3.50. The van der Waals surface area contributed by atoms with E-state index >= 15 is 0 Å². The summed E-state index contributed by atoms with van der Waals surface area (Å²) in [5, 5.41) is 2.78. The number of aromatic nitrogens is 1. The quantitative estimate of drug-likeness (QED) is 0.800. The molecule has 128 valence electrons. The number of halogens is 1. The molecular weight excluding hydrogens is 327 g/mol. The van der Waals surface area contributed by atoms with Crippen LogP contribution in [-0.4, -0.2) is 36.7 Å². The Kier molecular flexibility index (Phi) is 3.96. The Bertz CT molecular complexity index is 750. The Hall–Kier alpha value is -1.66. The molecule has 4 rings (SSSR count). The molecule has 2 fully saturated rings. The normalized spacial score (nSPS) is 25.5. The highest BCUT2D eigenvalue weighted by Crippen LogP contribution is 2.58. The number of nitrogens with zero attached hydrogens (tertiary/aromatic N) is 2. The summed E-state index contributed by atoms with van der Waals surface area (Å²) in [7, 11) is 1.49. The van der Waals surface area contributed by atoms with Gasteiger partial charge >= 0.3 is 0 Å². The van der Waals surface area contributed by atoms with Gasteiger partial charge in [-0.3, -0.25) is 4.90 Å². The number of piperidine rings is 1. The van der Waals surface area contributed by atoms with Crippen molar-refractivity contribution in [3.8, 4) is 10.9 Å². The molecule has 2 aromatic rings. The Balaban J connectivity index is 1.34. The van der Waals surface area contributed by atoms with Crippen molar-refractivity contribution in [2.45, 2.75) is 19.9 Å². The Morgan fingerprint density at radius 2 is 2.33 bits per heavy atom. The third kappa shape index (κ3) is 3.00. The molecule has 1 saturated carbocycles. The Morgan fingerprint density at radius 1 is 1.46 bits per heavy atom. The molecule has 0 bridgehead atoms. The standard InChI is InChI=1S/C18H21FN2O2S/c1-12-9-24-17(20-12)23-11-18-6-14(18)8-21(10-18)7-13-3-4-16(22-2)15(19)5-13/h3-5,9,14H,6-8,10-11H2,1-2H3. The summed E-state index contributed by atoms with van der Waals surface area (Å²) in [6.07, 6.45) is 1.23. The number of rotatable bonds is 6. The lowest BCUT2D eigenvalue weighted by atomic mass is 10.1. The maximum atomic E-state index is 13.8. The first-order chi connectivity index (χ1) is 11.6. The number of benzene rings is 1. The molecule has 6 heteroatoms. The number of aryl methyl sites for hydroxylation is 1. The van der Waals surface area contributed by atoms with Crippen molar-refractivity contribution in [2.75, 3.05) is 26.8 Å². The van der Waals surface area contributed by atoms with Crippen molar-refractivity contribution in [1.82, 2.24) is 9.88 Å². The van der Waals surface area contributed by atoms with Gasteiger partial charge in [-0.1, -0.05) is 17.4 Å². The van der Waals surface area contributed by atoms with Crippen molar-refractivity contribution in [3.05, 3.63) is 40.7 Å². The summed E-state index contributed by atoms with van der Waals surface area (Å²) in [5.74, 6) is 0.699. The SMILES string of the molecule is COc1ccc(CN2CC3CC3(COc3nc(C)cs3)C2)cc1F. The summed E-state index contributed by atoms with van der Waals surface area (Å²) < 4.78 is 24.7. The minimum atomic E-state index is -0.295. The number of methoxy groups -OCH3 is 1. The summed E-state index contributed by atoms with van der Waals surface area (Å²) in [6, 6.07) is 5.21. The van der Waals surface area contributed by atoms with E-state index in [-0.39, 0.29) is 11.2 Å². The summed E-state index contributed by atoms with van der Waals surface area (Å²) in [4.78, 5) is 6.76. The molecule has 2 atom stereocenters. The molecule has 2 unspecified atom stereocenters. The lowest BCUT2D eigenvalue weighted by Gasteiger charge is -2.21. The van der Waals surface area contributed by atoms with Gasteiger partial charge in [-0.2, -0.15) is 0 Å². The molecule has 2 heterocycles. The minimum absolute atomic E-state index is 0.268. The maximum Gasteiger partial charge on any atom is 0.273 e. The van der Waals surface area contributed by atoms with Gasteiger partial charge in [0.15, 0.2) is 11.6 Å². The van der Waals surface area contributed by atoms with E-state index in [2.05, 4.69) is 9.88 Å². The molecular formula is C18H21FN2O2S. The topological polar surface area (TPSA) is 34.6 Å². The van der Waals surface area contributed by atoms with E-state index in [1.54, 1.807) is 23.5 Å². The highest BCUT2D eigenvalue weighted by molar-refractivity contribution is 7.11. The molecule has 0 N–H and O–H groups in total. The average Bonchev–Trinajstić information content (AvgIpc) is 2.89. The van der Waals surface area contributed by atoms with Gasteiger partial charge in [-0.25, -0.2) is 9.37 Å². The molecule has 0 spiro atoms. The number of hydrogen-bond donors (Lipinski definition) is 0. The molecule has 4 nitrogen and oxygen atoms in total. The fraction of sp³-hybridized carbons (Fsp3) is 0.500. The summed E-state index contributed by atoms with van der Waals surface area (Å²) in [6.45, 7) is 5.56. The van der Waals surface area contributed by atoms with Crippen molar-refractivity contribution in [1.29, 1.82) is 0 Å². The second-order valence-corrected chi connectivity index (χ2v) is 7.77. The number of thiazole rings is 1. The number of hydrogen-bond acceptors (Lipinski definition) is 5. The van der Waals surface area contributed by atoms with E-state index in [4.69, 9.17) is 9.47 Å². The van der Waals surface area contributed by atoms with E-state index < -0.39 is 0 Å². The summed E-state index contributed by atoms with van der Waals surface area (Å²) in [5.41, 5.74) is 2.26. The molecule has 1 aromatic carbocycles. The van der Waals surface area contributed by atoms with Gasteiger partial charge in [0.1, 0.15) is 0 Å². The predicted molar refractivity (Wildman–Crippen MR) is 91.1 cm³/mol. The molecule has 1 aromatic heterocycles. The van der Waals surface area contributed by atoms with Gasteiger partial charge in [0, 0.05) is 30.4 Å². The highest BCUT2D eigenvalue weighted by atomic mass is 32.1. The first-order valence-corrected chi connectivity index (χ1v) is 9.06. The van der Waals surface area contributed by atoms with Crippen LogP contribution in [0.4, 0.5) is 4.39 Å². The van der Waals surface area contributed by atoms with Gasteiger partial charge in [0.05, 0.1) is 19.4 Å². The largest absolute Gasteiger partial charge is 0.494 e. The smallest absolute Gasteiger partial charge is 0.273 e. The monoisotopic (exact) mass is 348 g/mol. The molecule has 24 heavy (non-hydrogen) atoms. The lowest BCUT2D eigenvalue weighted by molar-refractivity contribution is 0.200. The Labute approximate surface area is 145 Å². The fourth-order valence-corrected chi connectivity index (χ4v) is 4.37. The molecule has 2 aliphatic rings. The van der Waals surface area contributed by atoms with E-state index in [0.29, 0.717) is 11.7 Å². The first kappa shape index (κ1) is 15.8. The van der Waals surface area contributed by atoms with Crippen LogP contribution in [0, 0.1) is 24.1 Å². The zero-order valence-corrected chi connectivity index (χ0v) is 14.7. The van der Waals surface area contributed by atoms with E-state index in [1.165, 1.54) is 13.5 Å². The van der Waals surface area contributed by atoms with Gasteiger partial charge in [-0.05, 0) is 37.0 Å². The number of likely N-dealkylation sites (tertiary alicyclic amines) is 1. The van der Waals surface area contributed by atoms with Gasteiger partial charge in [0.25, 0.3) is 5.19 Å². The van der Waals surface area contributed by atoms with Gasteiger partial charge < -0.3 is 9.47 Å². The van der Waals surface area contributed by atoms with Gasteiger partial charge in [-0.15, -0.1) is 0 Å². The summed E-state index contributed by atoms with van der Waals surface area (Å²) >= 11 is 1.56. The van der Waals surface area contributed by atoms with Crippen LogP contribution in [-0.2, 0) is 6.54 Å². The molecule has 1 aliphatic heterocycles.